The minimum Gasteiger partial charge on any atom is -0.381 e. The van der Waals surface area contributed by atoms with Crippen LogP contribution in [0.4, 0.5) is 18.9 Å². The van der Waals surface area contributed by atoms with Gasteiger partial charge in [0.2, 0.25) is 0 Å². The van der Waals surface area contributed by atoms with Crippen LogP contribution in [-0.4, -0.2) is 29.9 Å². The van der Waals surface area contributed by atoms with E-state index in [0.717, 1.165) is 42.6 Å². The summed E-state index contributed by atoms with van der Waals surface area (Å²) in [6.45, 7) is 2.99. The summed E-state index contributed by atoms with van der Waals surface area (Å²) in [5, 5.41) is 7.71. The molecule has 22 heavy (non-hydrogen) atoms. The maximum atomic E-state index is 12.7. The number of alkyl halides is 3. The Labute approximate surface area is 127 Å². The molecule has 0 spiro atoms. The van der Waals surface area contributed by atoms with Crippen molar-refractivity contribution < 1.29 is 13.2 Å². The molecule has 1 aromatic carbocycles. The van der Waals surface area contributed by atoms with Gasteiger partial charge in [0.15, 0.2) is 0 Å². The van der Waals surface area contributed by atoms with Gasteiger partial charge in [0.25, 0.3) is 0 Å². The minimum atomic E-state index is -4.21. The molecule has 0 saturated carbocycles. The van der Waals surface area contributed by atoms with Crippen molar-refractivity contribution in [2.75, 3.05) is 18.4 Å². The number of fused-ring (bicyclic) bond motifs is 1. The van der Waals surface area contributed by atoms with Crippen molar-refractivity contribution in [3.05, 3.63) is 30.0 Å². The summed E-state index contributed by atoms with van der Waals surface area (Å²) < 4.78 is 39.2. The van der Waals surface area contributed by atoms with Crippen LogP contribution in [0.2, 0.25) is 0 Å². The molecule has 0 radical (unpaired) electrons. The number of benzene rings is 1. The summed E-state index contributed by atoms with van der Waals surface area (Å²) in [6.07, 6.45) is -0.636. The number of rotatable bonds is 3. The molecule has 2 N–H and O–H groups in total. The Morgan fingerprint density at radius 3 is 2.64 bits per heavy atom. The third-order valence-electron chi connectivity index (χ3n) is 4.20. The number of nitrogens with one attached hydrogen (secondary N) is 2. The van der Waals surface area contributed by atoms with Gasteiger partial charge in [-0.2, -0.15) is 13.2 Å². The molecule has 3 rings (SSSR count). The van der Waals surface area contributed by atoms with Gasteiger partial charge in [-0.3, -0.25) is 0 Å². The highest BCUT2D eigenvalue weighted by Crippen LogP contribution is 2.31. The molecular formula is C16H20F3N3. The van der Waals surface area contributed by atoms with Crippen LogP contribution in [0.3, 0.4) is 0 Å². The summed E-state index contributed by atoms with van der Waals surface area (Å²) in [7, 11) is 0. The summed E-state index contributed by atoms with van der Waals surface area (Å²) in [5.74, 6) is 0. The first kappa shape index (κ1) is 15.2. The van der Waals surface area contributed by atoms with E-state index in [0.29, 0.717) is 11.6 Å². The van der Waals surface area contributed by atoms with E-state index in [-0.39, 0.29) is 0 Å². The zero-order chi connectivity index (χ0) is 15.7. The van der Waals surface area contributed by atoms with Gasteiger partial charge in [0.1, 0.15) is 6.54 Å². The molecule has 3 nitrogen and oxygen atoms in total. The Hall–Kier alpha value is -1.69. The first-order valence-corrected chi connectivity index (χ1v) is 7.56. The topological polar surface area (TPSA) is 29.0 Å². The van der Waals surface area contributed by atoms with E-state index >= 15 is 0 Å². The molecule has 1 saturated heterocycles. The lowest BCUT2D eigenvalue weighted by Gasteiger charge is -2.26. The molecular weight excluding hydrogens is 291 g/mol. The second kappa shape index (κ2) is 5.83. The van der Waals surface area contributed by atoms with E-state index in [9.17, 15) is 13.2 Å². The van der Waals surface area contributed by atoms with Crippen molar-refractivity contribution in [3.63, 3.8) is 0 Å². The smallest absolute Gasteiger partial charge is 0.381 e. The monoisotopic (exact) mass is 311 g/mol. The lowest BCUT2D eigenvalue weighted by Crippen LogP contribution is -2.35. The second-order valence-corrected chi connectivity index (χ2v) is 5.92. The normalized spacial score (nSPS) is 17.1. The summed E-state index contributed by atoms with van der Waals surface area (Å²) in [5.41, 5.74) is 2.65. The zero-order valence-corrected chi connectivity index (χ0v) is 12.5. The fourth-order valence-corrected chi connectivity index (χ4v) is 3.07. The fraction of sp³-hybridized carbons (Fsp3) is 0.500. The Kier molecular flexibility index (Phi) is 4.04. The van der Waals surface area contributed by atoms with Crippen molar-refractivity contribution in [2.45, 2.75) is 38.5 Å². The molecule has 2 heterocycles. The molecule has 2 aromatic rings. The molecule has 1 aliphatic heterocycles. The Balaban J connectivity index is 1.93. The predicted molar refractivity (Wildman–Crippen MR) is 82.2 cm³/mol. The van der Waals surface area contributed by atoms with E-state index in [1.54, 1.807) is 12.1 Å². The Morgan fingerprint density at radius 1 is 1.23 bits per heavy atom. The number of nitrogens with zero attached hydrogens (tertiary/aromatic N) is 1. The van der Waals surface area contributed by atoms with Crippen molar-refractivity contribution in [1.82, 2.24) is 9.88 Å². The summed E-state index contributed by atoms with van der Waals surface area (Å²) in [4.78, 5) is 0. The highest BCUT2D eigenvalue weighted by molar-refractivity contribution is 5.94. The minimum absolute atomic E-state index is 0.372. The highest BCUT2D eigenvalue weighted by atomic mass is 19.4. The van der Waals surface area contributed by atoms with E-state index < -0.39 is 12.7 Å². The van der Waals surface area contributed by atoms with Gasteiger partial charge >= 0.3 is 6.18 Å². The second-order valence-electron chi connectivity index (χ2n) is 5.92. The Bertz CT molecular complexity index is 654. The maximum absolute atomic E-state index is 12.7. The van der Waals surface area contributed by atoms with Gasteiger partial charge in [-0.15, -0.1) is 0 Å². The van der Waals surface area contributed by atoms with Crippen LogP contribution in [0, 0.1) is 6.92 Å². The van der Waals surface area contributed by atoms with Crippen molar-refractivity contribution in [3.8, 4) is 0 Å². The first-order valence-electron chi connectivity index (χ1n) is 7.56. The van der Waals surface area contributed by atoms with Crippen molar-refractivity contribution in [2.24, 2.45) is 0 Å². The number of hydrogen-bond donors (Lipinski definition) is 2. The lowest BCUT2D eigenvalue weighted by molar-refractivity contribution is -0.139. The van der Waals surface area contributed by atoms with Gasteiger partial charge in [0, 0.05) is 23.3 Å². The van der Waals surface area contributed by atoms with Crippen LogP contribution < -0.4 is 10.6 Å². The van der Waals surface area contributed by atoms with Gasteiger partial charge in [-0.05, 0) is 50.6 Å². The number of aryl methyl sites for hydroxylation is 1. The third kappa shape index (κ3) is 3.21. The number of piperidine rings is 1. The van der Waals surface area contributed by atoms with Gasteiger partial charge in [-0.1, -0.05) is 6.07 Å². The molecule has 120 valence electrons. The molecule has 0 amide bonds. The first-order chi connectivity index (χ1) is 10.4. The molecule has 1 aliphatic rings. The molecule has 0 unspecified atom stereocenters. The van der Waals surface area contributed by atoms with Gasteiger partial charge < -0.3 is 15.2 Å². The molecule has 6 heteroatoms. The number of hydrogen-bond acceptors (Lipinski definition) is 2. The van der Waals surface area contributed by atoms with Crippen LogP contribution in [0.1, 0.15) is 18.4 Å². The summed E-state index contributed by atoms with van der Waals surface area (Å²) in [6, 6.07) is 5.80. The van der Waals surface area contributed by atoms with Gasteiger partial charge in [0.05, 0.1) is 5.52 Å². The number of halogens is 3. The van der Waals surface area contributed by atoms with Crippen molar-refractivity contribution in [1.29, 1.82) is 0 Å². The number of anilines is 1. The third-order valence-corrected chi connectivity index (χ3v) is 4.20. The molecule has 0 aliphatic carbocycles. The lowest BCUT2D eigenvalue weighted by atomic mass is 10.0. The van der Waals surface area contributed by atoms with E-state index in [1.807, 2.05) is 13.0 Å². The van der Waals surface area contributed by atoms with E-state index in [4.69, 9.17) is 0 Å². The van der Waals surface area contributed by atoms with Crippen LogP contribution in [0.25, 0.3) is 10.9 Å². The van der Waals surface area contributed by atoms with Crippen LogP contribution in [0.15, 0.2) is 24.4 Å². The predicted octanol–water partition coefficient (Wildman–Crippen LogP) is 3.68. The summed E-state index contributed by atoms with van der Waals surface area (Å²) >= 11 is 0. The SMILES string of the molecule is Cc1ccc2c(ccn2CC(F)(F)F)c1NC1CCNCC1. The standard InChI is InChI=1S/C16H20F3N3/c1-11-2-3-14-13(6-9-22(14)10-16(17,18)19)15(11)21-12-4-7-20-8-5-12/h2-3,6,9,12,20-21H,4-5,7-8,10H2,1H3. The molecule has 0 bridgehead atoms. The highest BCUT2D eigenvalue weighted by Gasteiger charge is 2.28. The maximum Gasteiger partial charge on any atom is 0.406 e. The van der Waals surface area contributed by atoms with E-state index in [1.165, 1.54) is 10.8 Å². The molecule has 1 aromatic heterocycles. The van der Waals surface area contributed by atoms with Crippen LogP contribution >= 0.6 is 0 Å². The molecule has 1 fully saturated rings. The molecule has 0 atom stereocenters. The Morgan fingerprint density at radius 2 is 1.95 bits per heavy atom. The number of aromatic nitrogens is 1. The largest absolute Gasteiger partial charge is 0.406 e. The van der Waals surface area contributed by atoms with Crippen LogP contribution in [0.5, 0.6) is 0 Å². The average molecular weight is 311 g/mol. The average Bonchev–Trinajstić information content (AvgIpc) is 2.84. The zero-order valence-electron chi connectivity index (χ0n) is 12.5. The van der Waals surface area contributed by atoms with Crippen LogP contribution in [-0.2, 0) is 6.54 Å². The fourth-order valence-electron chi connectivity index (χ4n) is 3.07. The quantitative estimate of drug-likeness (QED) is 0.905. The van der Waals surface area contributed by atoms with Gasteiger partial charge in [-0.25, -0.2) is 0 Å². The van der Waals surface area contributed by atoms with Crippen molar-refractivity contribution >= 4 is 16.6 Å². The van der Waals surface area contributed by atoms with E-state index in [2.05, 4.69) is 10.6 Å².